The van der Waals surface area contributed by atoms with Crippen molar-refractivity contribution in [3.63, 3.8) is 0 Å². The molecule has 1 heterocycles. The molecular formula is C12H27N3. The van der Waals surface area contributed by atoms with E-state index in [-0.39, 0.29) is 0 Å². The fourth-order valence-corrected chi connectivity index (χ4v) is 2.37. The van der Waals surface area contributed by atoms with Crippen molar-refractivity contribution >= 4 is 0 Å². The molecule has 3 heteroatoms. The van der Waals surface area contributed by atoms with Crippen LogP contribution in [0, 0.1) is 0 Å². The Kier molecular flexibility index (Phi) is 5.58. The lowest BCUT2D eigenvalue weighted by Crippen LogP contribution is -2.48. The van der Waals surface area contributed by atoms with Crippen molar-refractivity contribution in [2.24, 2.45) is 5.73 Å². The van der Waals surface area contributed by atoms with Crippen molar-refractivity contribution in [1.82, 2.24) is 9.80 Å². The third-order valence-corrected chi connectivity index (χ3v) is 3.51. The van der Waals surface area contributed by atoms with Gasteiger partial charge in [-0.15, -0.1) is 0 Å². The molecular weight excluding hydrogens is 186 g/mol. The Labute approximate surface area is 94.6 Å². The summed E-state index contributed by atoms with van der Waals surface area (Å²) in [4.78, 5) is 5.02. The molecule has 0 unspecified atom stereocenters. The minimum absolute atomic E-state index is 0.615. The van der Waals surface area contributed by atoms with Crippen LogP contribution in [-0.4, -0.2) is 55.1 Å². The van der Waals surface area contributed by atoms with Gasteiger partial charge >= 0.3 is 0 Å². The van der Waals surface area contributed by atoms with Crippen LogP contribution in [0.15, 0.2) is 0 Å². The predicted molar refractivity (Wildman–Crippen MR) is 66.0 cm³/mol. The van der Waals surface area contributed by atoms with Gasteiger partial charge in [0.2, 0.25) is 0 Å². The zero-order valence-corrected chi connectivity index (χ0v) is 10.6. The Morgan fingerprint density at radius 2 is 2.13 bits per heavy atom. The van der Waals surface area contributed by atoms with E-state index in [2.05, 4.69) is 30.7 Å². The topological polar surface area (TPSA) is 32.5 Å². The molecule has 0 aliphatic carbocycles. The first-order valence-electron chi connectivity index (χ1n) is 6.29. The van der Waals surface area contributed by atoms with Gasteiger partial charge in [-0.05, 0) is 40.3 Å². The highest BCUT2D eigenvalue weighted by Crippen LogP contribution is 2.16. The number of rotatable bonds is 5. The van der Waals surface area contributed by atoms with E-state index < -0.39 is 0 Å². The first-order chi connectivity index (χ1) is 7.15. The number of likely N-dealkylation sites (tertiary alicyclic amines) is 1. The number of piperidine rings is 1. The van der Waals surface area contributed by atoms with Gasteiger partial charge in [0.25, 0.3) is 0 Å². The van der Waals surface area contributed by atoms with Crippen molar-refractivity contribution in [2.45, 2.75) is 45.2 Å². The van der Waals surface area contributed by atoms with Crippen LogP contribution in [0.1, 0.15) is 33.1 Å². The summed E-state index contributed by atoms with van der Waals surface area (Å²) in [5.41, 5.74) is 5.65. The van der Waals surface area contributed by atoms with Gasteiger partial charge in [-0.25, -0.2) is 0 Å². The van der Waals surface area contributed by atoms with Gasteiger partial charge in [0, 0.05) is 31.7 Å². The summed E-state index contributed by atoms with van der Waals surface area (Å²) in [5, 5.41) is 0. The van der Waals surface area contributed by atoms with Gasteiger partial charge < -0.3 is 10.6 Å². The van der Waals surface area contributed by atoms with E-state index in [1.54, 1.807) is 0 Å². The molecule has 15 heavy (non-hydrogen) atoms. The fraction of sp³-hybridized carbons (Fsp3) is 1.00. The Morgan fingerprint density at radius 3 is 2.67 bits per heavy atom. The van der Waals surface area contributed by atoms with E-state index >= 15 is 0 Å². The molecule has 0 aromatic carbocycles. The van der Waals surface area contributed by atoms with Gasteiger partial charge in [0.1, 0.15) is 0 Å². The molecule has 1 rings (SSSR count). The van der Waals surface area contributed by atoms with Crippen molar-refractivity contribution in [3.8, 4) is 0 Å². The summed E-state index contributed by atoms with van der Waals surface area (Å²) in [7, 11) is 2.25. The normalized spacial score (nSPS) is 24.0. The highest BCUT2D eigenvalue weighted by Gasteiger charge is 2.22. The van der Waals surface area contributed by atoms with Crippen LogP contribution in [-0.2, 0) is 0 Å². The van der Waals surface area contributed by atoms with Crippen molar-refractivity contribution in [2.75, 3.05) is 33.2 Å². The number of nitrogens with two attached hydrogens (primary N) is 1. The van der Waals surface area contributed by atoms with Gasteiger partial charge in [-0.3, -0.25) is 4.90 Å². The zero-order chi connectivity index (χ0) is 11.3. The van der Waals surface area contributed by atoms with E-state index in [1.165, 1.54) is 32.4 Å². The van der Waals surface area contributed by atoms with Gasteiger partial charge in [0.05, 0.1) is 0 Å². The maximum absolute atomic E-state index is 5.65. The quantitative estimate of drug-likeness (QED) is 0.743. The lowest BCUT2D eigenvalue weighted by molar-refractivity contribution is 0.113. The zero-order valence-electron chi connectivity index (χ0n) is 10.6. The van der Waals surface area contributed by atoms with E-state index in [9.17, 15) is 0 Å². The summed E-state index contributed by atoms with van der Waals surface area (Å²) >= 11 is 0. The molecule has 0 bridgehead atoms. The number of hydrogen-bond donors (Lipinski definition) is 1. The van der Waals surface area contributed by atoms with E-state index in [0.717, 1.165) is 19.1 Å². The lowest BCUT2D eigenvalue weighted by Gasteiger charge is -2.37. The Morgan fingerprint density at radius 1 is 1.40 bits per heavy atom. The van der Waals surface area contributed by atoms with E-state index in [4.69, 9.17) is 5.73 Å². The number of likely N-dealkylation sites (N-methyl/N-ethyl adjacent to an activating group) is 1. The molecule has 0 aromatic heterocycles. The lowest BCUT2D eigenvalue weighted by atomic mass is 10.0. The van der Waals surface area contributed by atoms with Crippen LogP contribution in [0.5, 0.6) is 0 Å². The molecule has 1 aliphatic rings. The molecule has 1 fully saturated rings. The third kappa shape index (κ3) is 4.09. The fourth-order valence-electron chi connectivity index (χ4n) is 2.37. The SMILES string of the molecule is CC(C)N(CCN)C[C@H]1CCCCN1C. The van der Waals surface area contributed by atoms with E-state index in [0.29, 0.717) is 6.04 Å². The summed E-state index contributed by atoms with van der Waals surface area (Å²) in [6.07, 6.45) is 4.11. The Bertz CT molecular complexity index is 168. The smallest absolute Gasteiger partial charge is 0.0220 e. The van der Waals surface area contributed by atoms with Crippen molar-refractivity contribution < 1.29 is 0 Å². The molecule has 2 N–H and O–H groups in total. The first kappa shape index (κ1) is 12.9. The van der Waals surface area contributed by atoms with Crippen LogP contribution >= 0.6 is 0 Å². The second kappa shape index (κ2) is 6.46. The molecule has 3 nitrogen and oxygen atoms in total. The third-order valence-electron chi connectivity index (χ3n) is 3.51. The minimum atomic E-state index is 0.615. The minimum Gasteiger partial charge on any atom is -0.329 e. The first-order valence-corrected chi connectivity index (χ1v) is 6.29. The second-order valence-corrected chi connectivity index (χ2v) is 5.01. The van der Waals surface area contributed by atoms with E-state index in [1.807, 2.05) is 0 Å². The highest BCUT2D eigenvalue weighted by atomic mass is 15.2. The average Bonchev–Trinajstić information content (AvgIpc) is 2.20. The summed E-state index contributed by atoms with van der Waals surface area (Å²) in [6.45, 7) is 8.78. The molecule has 0 amide bonds. The standard InChI is InChI=1S/C12H27N3/c1-11(2)15(9-7-13)10-12-6-4-5-8-14(12)3/h11-12H,4-10,13H2,1-3H3/t12-/m1/s1. The molecule has 0 aromatic rings. The average molecular weight is 213 g/mol. The Hall–Kier alpha value is -0.120. The van der Waals surface area contributed by atoms with Crippen molar-refractivity contribution in [1.29, 1.82) is 0 Å². The monoisotopic (exact) mass is 213 g/mol. The maximum atomic E-state index is 5.65. The van der Waals surface area contributed by atoms with Gasteiger partial charge in [0.15, 0.2) is 0 Å². The van der Waals surface area contributed by atoms with Gasteiger partial charge in [-0.2, -0.15) is 0 Å². The highest BCUT2D eigenvalue weighted by molar-refractivity contribution is 4.79. The maximum Gasteiger partial charge on any atom is 0.0220 e. The summed E-state index contributed by atoms with van der Waals surface area (Å²) in [6, 6.07) is 1.36. The van der Waals surface area contributed by atoms with Gasteiger partial charge in [-0.1, -0.05) is 6.42 Å². The largest absolute Gasteiger partial charge is 0.329 e. The molecule has 90 valence electrons. The molecule has 1 aliphatic heterocycles. The molecule has 0 saturated carbocycles. The summed E-state index contributed by atoms with van der Waals surface area (Å²) < 4.78 is 0. The van der Waals surface area contributed by atoms with Crippen molar-refractivity contribution in [3.05, 3.63) is 0 Å². The second-order valence-electron chi connectivity index (χ2n) is 5.01. The van der Waals surface area contributed by atoms with Crippen LogP contribution in [0.25, 0.3) is 0 Å². The number of hydrogen-bond acceptors (Lipinski definition) is 3. The molecule has 0 radical (unpaired) electrons. The van der Waals surface area contributed by atoms with Crippen LogP contribution in [0.2, 0.25) is 0 Å². The van der Waals surface area contributed by atoms with Crippen LogP contribution in [0.4, 0.5) is 0 Å². The molecule has 1 saturated heterocycles. The van der Waals surface area contributed by atoms with Crippen LogP contribution < -0.4 is 5.73 Å². The Balaban J connectivity index is 2.41. The predicted octanol–water partition coefficient (Wildman–Crippen LogP) is 1.14. The number of nitrogens with zero attached hydrogens (tertiary/aromatic N) is 2. The molecule has 1 atom stereocenters. The summed E-state index contributed by atoms with van der Waals surface area (Å²) in [5.74, 6) is 0. The molecule has 0 spiro atoms. The van der Waals surface area contributed by atoms with Crippen LogP contribution in [0.3, 0.4) is 0 Å².